The lowest BCUT2D eigenvalue weighted by atomic mass is 9.66. The monoisotopic (exact) mass is 310 g/mol. The van der Waals surface area contributed by atoms with Gasteiger partial charge in [-0.1, -0.05) is 19.9 Å². The largest absolute Gasteiger partial charge is 0.478 e. The fourth-order valence-corrected chi connectivity index (χ4v) is 4.38. The third-order valence-corrected chi connectivity index (χ3v) is 5.09. The number of carbonyl (C=O) groups is 3. The van der Waals surface area contributed by atoms with E-state index >= 15 is 0 Å². The molecule has 0 unspecified atom stereocenters. The first kappa shape index (κ1) is 16.7. The Bertz CT molecular complexity index is 547. The molecular formula is C16H22O6. The normalized spacial score (nSPS) is 32.3. The smallest absolute Gasteiger partial charge is 0.331 e. The summed E-state index contributed by atoms with van der Waals surface area (Å²) in [5, 5.41) is 18.8. The van der Waals surface area contributed by atoms with Crippen molar-refractivity contribution in [3.63, 3.8) is 0 Å². The van der Waals surface area contributed by atoms with Gasteiger partial charge in [-0.2, -0.15) is 0 Å². The van der Waals surface area contributed by atoms with E-state index in [0.717, 1.165) is 0 Å². The molecule has 0 bridgehead atoms. The quantitative estimate of drug-likeness (QED) is 0.739. The molecule has 2 aliphatic carbocycles. The average molecular weight is 310 g/mol. The number of aliphatic carboxylic acids is 1. The fraction of sp³-hybridized carbons (Fsp3) is 0.688. The first-order chi connectivity index (χ1) is 10.2. The van der Waals surface area contributed by atoms with E-state index in [1.807, 2.05) is 13.8 Å². The van der Waals surface area contributed by atoms with Crippen molar-refractivity contribution in [1.82, 2.24) is 0 Å². The molecule has 22 heavy (non-hydrogen) atoms. The number of allylic oxidation sites excluding steroid dienone is 1. The number of hydrogen-bond acceptors (Lipinski definition) is 5. The minimum Gasteiger partial charge on any atom is -0.478 e. The van der Waals surface area contributed by atoms with E-state index in [1.54, 1.807) is 6.08 Å². The van der Waals surface area contributed by atoms with Gasteiger partial charge in [-0.3, -0.25) is 9.59 Å². The zero-order chi connectivity index (χ0) is 16.7. The summed E-state index contributed by atoms with van der Waals surface area (Å²) in [6.07, 6.45) is 2.57. The van der Waals surface area contributed by atoms with Gasteiger partial charge in [-0.15, -0.1) is 0 Å². The first-order valence-corrected chi connectivity index (χ1v) is 7.34. The second kappa shape index (κ2) is 5.50. The summed E-state index contributed by atoms with van der Waals surface area (Å²) in [6, 6.07) is 0. The minimum absolute atomic E-state index is 0.0905. The number of carboxylic acid groups (broad SMARTS) is 1. The molecule has 0 amide bonds. The SMILES string of the molecule is COC(=O)C[C@@H]1C(C(=O)O)=C[C@@H]2CC(C)(C)C[C@]21C(=O)CO. The van der Waals surface area contributed by atoms with E-state index in [-0.39, 0.29) is 29.1 Å². The number of ketones is 1. The Kier molecular flexibility index (Phi) is 4.17. The molecule has 6 nitrogen and oxygen atoms in total. The maximum Gasteiger partial charge on any atom is 0.331 e. The Balaban J connectivity index is 2.51. The Morgan fingerprint density at radius 2 is 2.00 bits per heavy atom. The van der Waals surface area contributed by atoms with Crippen molar-refractivity contribution in [3.05, 3.63) is 11.6 Å². The highest BCUT2D eigenvalue weighted by Crippen LogP contribution is 2.63. The highest BCUT2D eigenvalue weighted by Gasteiger charge is 2.62. The van der Waals surface area contributed by atoms with Crippen LogP contribution in [0.15, 0.2) is 11.6 Å². The maximum atomic E-state index is 12.5. The van der Waals surface area contributed by atoms with Crippen molar-refractivity contribution in [2.75, 3.05) is 13.7 Å². The summed E-state index contributed by atoms with van der Waals surface area (Å²) in [7, 11) is 1.23. The number of carbonyl (C=O) groups excluding carboxylic acids is 2. The van der Waals surface area contributed by atoms with E-state index in [9.17, 15) is 24.6 Å². The number of rotatable bonds is 5. The van der Waals surface area contributed by atoms with Crippen LogP contribution >= 0.6 is 0 Å². The van der Waals surface area contributed by atoms with Crippen LogP contribution in [-0.4, -0.2) is 41.7 Å². The van der Waals surface area contributed by atoms with Gasteiger partial charge in [-0.25, -0.2) is 4.79 Å². The summed E-state index contributed by atoms with van der Waals surface area (Å²) in [6.45, 7) is 3.38. The van der Waals surface area contributed by atoms with Crippen molar-refractivity contribution in [2.24, 2.45) is 22.7 Å². The van der Waals surface area contributed by atoms with E-state index in [1.165, 1.54) is 7.11 Å². The number of ether oxygens (including phenoxy) is 1. The molecule has 0 aromatic rings. The second-order valence-electron chi connectivity index (χ2n) is 7.03. The molecule has 0 radical (unpaired) electrons. The summed E-state index contributed by atoms with van der Waals surface area (Å²) in [4.78, 5) is 35.8. The van der Waals surface area contributed by atoms with E-state index in [0.29, 0.717) is 12.8 Å². The van der Waals surface area contributed by atoms with Gasteiger partial charge in [0, 0.05) is 16.9 Å². The summed E-state index contributed by atoms with van der Waals surface area (Å²) < 4.78 is 4.67. The number of Topliss-reactive ketones (excluding diaryl/α,β-unsaturated/α-hetero) is 1. The predicted molar refractivity (Wildman–Crippen MR) is 76.9 cm³/mol. The Morgan fingerprint density at radius 1 is 1.36 bits per heavy atom. The van der Waals surface area contributed by atoms with Crippen LogP contribution in [0.2, 0.25) is 0 Å². The molecule has 122 valence electrons. The predicted octanol–water partition coefficient (Wildman–Crippen LogP) is 1.17. The van der Waals surface area contributed by atoms with Crippen LogP contribution in [0.4, 0.5) is 0 Å². The lowest BCUT2D eigenvalue weighted by molar-refractivity contribution is -0.145. The van der Waals surface area contributed by atoms with Gasteiger partial charge in [0.2, 0.25) is 0 Å². The number of methoxy groups -OCH3 is 1. The van der Waals surface area contributed by atoms with Crippen molar-refractivity contribution in [3.8, 4) is 0 Å². The van der Waals surface area contributed by atoms with Crippen LogP contribution in [0.25, 0.3) is 0 Å². The van der Waals surface area contributed by atoms with Gasteiger partial charge in [0.05, 0.1) is 13.5 Å². The number of aliphatic hydroxyl groups excluding tert-OH is 1. The summed E-state index contributed by atoms with van der Waals surface area (Å²) in [5.41, 5.74) is -1.07. The van der Waals surface area contributed by atoms with E-state index in [2.05, 4.69) is 4.74 Å². The highest BCUT2D eigenvalue weighted by atomic mass is 16.5. The highest BCUT2D eigenvalue weighted by molar-refractivity contribution is 5.96. The first-order valence-electron chi connectivity index (χ1n) is 7.34. The molecule has 2 aliphatic rings. The van der Waals surface area contributed by atoms with Gasteiger partial charge >= 0.3 is 11.9 Å². The van der Waals surface area contributed by atoms with Crippen LogP contribution in [0.3, 0.4) is 0 Å². The summed E-state index contributed by atoms with van der Waals surface area (Å²) in [5.74, 6) is -3.06. The third-order valence-electron chi connectivity index (χ3n) is 5.09. The molecule has 1 saturated carbocycles. The topological polar surface area (TPSA) is 101 Å². The number of aliphatic hydroxyl groups is 1. The lowest BCUT2D eigenvalue weighted by Gasteiger charge is -2.35. The van der Waals surface area contributed by atoms with E-state index < -0.39 is 29.9 Å². The second-order valence-corrected chi connectivity index (χ2v) is 7.03. The van der Waals surface area contributed by atoms with E-state index in [4.69, 9.17) is 0 Å². The molecule has 0 heterocycles. The molecule has 0 saturated heterocycles. The van der Waals surface area contributed by atoms with Crippen LogP contribution < -0.4 is 0 Å². The standard InChI is InChI=1S/C16H22O6/c1-15(2)6-9-4-10(14(20)21)11(5-13(19)22-3)16(9,8-15)12(18)7-17/h4,9,11,17H,5-8H2,1-3H3,(H,20,21)/t9-,11-,16+/m1/s1. The molecule has 2 N–H and O–H groups in total. The molecule has 2 rings (SSSR count). The van der Waals surface area contributed by atoms with Crippen LogP contribution in [0.1, 0.15) is 33.1 Å². The molecule has 0 spiro atoms. The number of fused-ring (bicyclic) bond motifs is 1. The van der Waals surface area contributed by atoms with Gasteiger partial charge in [0.1, 0.15) is 6.61 Å². The lowest BCUT2D eigenvalue weighted by Crippen LogP contribution is -2.42. The zero-order valence-electron chi connectivity index (χ0n) is 13.1. The van der Waals surface area contributed by atoms with Crippen molar-refractivity contribution >= 4 is 17.7 Å². The van der Waals surface area contributed by atoms with Gasteiger partial charge in [0.25, 0.3) is 0 Å². The molecule has 1 fully saturated rings. The van der Waals surface area contributed by atoms with Crippen molar-refractivity contribution in [2.45, 2.75) is 33.1 Å². The fourth-order valence-electron chi connectivity index (χ4n) is 4.38. The Morgan fingerprint density at radius 3 is 2.50 bits per heavy atom. The van der Waals surface area contributed by atoms with Crippen molar-refractivity contribution in [1.29, 1.82) is 0 Å². The molecule has 0 aromatic heterocycles. The number of hydrogen-bond donors (Lipinski definition) is 2. The van der Waals surface area contributed by atoms with Gasteiger partial charge in [0.15, 0.2) is 5.78 Å². The van der Waals surface area contributed by atoms with Gasteiger partial charge < -0.3 is 14.9 Å². The third kappa shape index (κ3) is 2.45. The summed E-state index contributed by atoms with van der Waals surface area (Å²) >= 11 is 0. The Hall–Kier alpha value is -1.69. The number of esters is 1. The maximum absolute atomic E-state index is 12.5. The molecule has 3 atom stereocenters. The molecule has 6 heteroatoms. The minimum atomic E-state index is -1.12. The average Bonchev–Trinajstić information content (AvgIpc) is 2.87. The number of carboxylic acids is 1. The van der Waals surface area contributed by atoms with Crippen LogP contribution in [0.5, 0.6) is 0 Å². The molecule has 0 aliphatic heterocycles. The van der Waals surface area contributed by atoms with Crippen LogP contribution in [0, 0.1) is 22.7 Å². The Labute approximate surface area is 129 Å². The van der Waals surface area contributed by atoms with Crippen LogP contribution in [-0.2, 0) is 19.1 Å². The van der Waals surface area contributed by atoms with Gasteiger partial charge in [-0.05, 0) is 24.2 Å². The molecule has 0 aromatic carbocycles. The zero-order valence-corrected chi connectivity index (χ0v) is 13.1. The van der Waals surface area contributed by atoms with Crippen molar-refractivity contribution < 1.29 is 29.3 Å². The molecular weight excluding hydrogens is 288 g/mol.